The van der Waals surface area contributed by atoms with E-state index < -0.39 is 5.91 Å². The highest BCUT2D eigenvalue weighted by atomic mass is 35.5. The van der Waals surface area contributed by atoms with Crippen LogP contribution >= 0.6 is 23.2 Å². The summed E-state index contributed by atoms with van der Waals surface area (Å²) in [5.41, 5.74) is 0.406. The summed E-state index contributed by atoms with van der Waals surface area (Å²) >= 11 is 12.0. The first-order valence-electron chi connectivity index (χ1n) is 7.13. The third kappa shape index (κ3) is 5.16. The minimum atomic E-state index is -0.447. The molecule has 122 valence electrons. The summed E-state index contributed by atoms with van der Waals surface area (Å²) in [5.74, 6) is -0.674. The number of nitrogens with one attached hydrogen (secondary N) is 2. The molecule has 1 aromatic rings. The van der Waals surface area contributed by atoms with E-state index in [2.05, 4.69) is 10.6 Å². The van der Waals surface area contributed by atoms with Gasteiger partial charge < -0.3 is 15.7 Å². The second-order valence-corrected chi connectivity index (χ2v) is 5.71. The highest BCUT2D eigenvalue weighted by molar-refractivity contribution is 6.38. The van der Waals surface area contributed by atoms with Crippen LogP contribution in [0.5, 0.6) is 0 Å². The van der Waals surface area contributed by atoms with Crippen molar-refractivity contribution in [2.75, 3.05) is 11.9 Å². The fourth-order valence-electron chi connectivity index (χ4n) is 1.85. The quantitative estimate of drug-likeness (QED) is 0.709. The molecule has 1 atom stereocenters. The van der Waals surface area contributed by atoms with Crippen LogP contribution in [0.25, 0.3) is 0 Å². The van der Waals surface area contributed by atoms with Gasteiger partial charge >= 0.3 is 0 Å². The van der Waals surface area contributed by atoms with E-state index in [9.17, 15) is 14.7 Å². The topological polar surface area (TPSA) is 78.4 Å². The number of aliphatic hydroxyl groups excluding tert-OH is 1. The van der Waals surface area contributed by atoms with Crippen molar-refractivity contribution < 1.29 is 14.7 Å². The van der Waals surface area contributed by atoms with Gasteiger partial charge in [0.15, 0.2) is 0 Å². The molecule has 0 saturated heterocycles. The van der Waals surface area contributed by atoms with Crippen LogP contribution in [0.15, 0.2) is 12.1 Å². The predicted molar refractivity (Wildman–Crippen MR) is 88.6 cm³/mol. The lowest BCUT2D eigenvalue weighted by Crippen LogP contribution is -2.37. The zero-order valence-electron chi connectivity index (χ0n) is 12.6. The van der Waals surface area contributed by atoms with Gasteiger partial charge in [-0.15, -0.1) is 0 Å². The van der Waals surface area contributed by atoms with Crippen molar-refractivity contribution in [3.05, 3.63) is 27.7 Å². The van der Waals surface area contributed by atoms with Gasteiger partial charge in [0.2, 0.25) is 5.91 Å². The lowest BCUT2D eigenvalue weighted by molar-refractivity contribution is -0.116. The van der Waals surface area contributed by atoms with Gasteiger partial charge in [-0.3, -0.25) is 9.59 Å². The van der Waals surface area contributed by atoms with Gasteiger partial charge in [-0.2, -0.15) is 0 Å². The fourth-order valence-corrected chi connectivity index (χ4v) is 2.39. The maximum atomic E-state index is 12.3. The summed E-state index contributed by atoms with van der Waals surface area (Å²) in [5, 5.41) is 15.0. The van der Waals surface area contributed by atoms with Gasteiger partial charge in [0.25, 0.3) is 5.91 Å². The van der Waals surface area contributed by atoms with E-state index in [1.54, 1.807) is 0 Å². The molecule has 0 radical (unpaired) electrons. The number of carbonyl (C=O) groups is 2. The van der Waals surface area contributed by atoms with Gasteiger partial charge in [0, 0.05) is 11.4 Å². The predicted octanol–water partition coefficient (Wildman–Crippen LogP) is 3.23. The Hall–Kier alpha value is -1.30. The number of hydrogen-bond donors (Lipinski definition) is 3. The average molecular weight is 347 g/mol. The third-order valence-electron chi connectivity index (χ3n) is 3.09. The molecule has 0 aliphatic carbocycles. The number of benzene rings is 1. The number of aliphatic hydroxyl groups is 1. The van der Waals surface area contributed by atoms with E-state index in [-0.39, 0.29) is 34.8 Å². The summed E-state index contributed by atoms with van der Waals surface area (Å²) in [6.45, 7) is 3.55. The Morgan fingerprint density at radius 2 is 1.95 bits per heavy atom. The van der Waals surface area contributed by atoms with Crippen molar-refractivity contribution in [2.45, 2.75) is 39.2 Å². The summed E-state index contributed by atoms with van der Waals surface area (Å²) in [6, 6.07) is 2.53. The number of rotatable bonds is 7. The van der Waals surface area contributed by atoms with Crippen LogP contribution in [0.3, 0.4) is 0 Å². The molecule has 0 saturated carbocycles. The standard InChI is InChI=1S/C15H20Cl2N2O3/c1-3-5-13(21)19-14-11(6-9(16)7-12(14)17)15(22)18-10(4-2)8-20/h6-7,10,20H,3-5,8H2,1-2H3,(H,18,22)(H,19,21). The molecular formula is C15H20Cl2N2O3. The van der Waals surface area contributed by atoms with Gasteiger partial charge in [-0.05, 0) is 25.0 Å². The lowest BCUT2D eigenvalue weighted by atomic mass is 10.1. The number of amides is 2. The third-order valence-corrected chi connectivity index (χ3v) is 3.61. The highest BCUT2D eigenvalue weighted by Crippen LogP contribution is 2.30. The molecule has 1 rings (SSSR count). The van der Waals surface area contributed by atoms with Crippen molar-refractivity contribution in [1.82, 2.24) is 5.32 Å². The van der Waals surface area contributed by atoms with E-state index in [4.69, 9.17) is 23.2 Å². The van der Waals surface area contributed by atoms with E-state index in [0.29, 0.717) is 24.3 Å². The van der Waals surface area contributed by atoms with Gasteiger partial charge in [0.1, 0.15) is 0 Å². The van der Waals surface area contributed by atoms with Crippen LogP contribution in [-0.4, -0.2) is 29.6 Å². The molecule has 1 aromatic carbocycles. The van der Waals surface area contributed by atoms with Gasteiger partial charge in [-0.25, -0.2) is 0 Å². The molecular weight excluding hydrogens is 327 g/mol. The van der Waals surface area contributed by atoms with Crippen LogP contribution in [-0.2, 0) is 4.79 Å². The maximum Gasteiger partial charge on any atom is 0.253 e. The Morgan fingerprint density at radius 1 is 1.27 bits per heavy atom. The molecule has 0 bridgehead atoms. The molecule has 3 N–H and O–H groups in total. The number of carbonyl (C=O) groups excluding carboxylic acids is 2. The Bertz CT molecular complexity index is 546. The largest absolute Gasteiger partial charge is 0.394 e. The Labute approximate surface area is 140 Å². The van der Waals surface area contributed by atoms with E-state index >= 15 is 0 Å². The Kier molecular flexibility index (Phi) is 7.65. The van der Waals surface area contributed by atoms with Crippen LogP contribution in [0.4, 0.5) is 5.69 Å². The fraction of sp³-hybridized carbons (Fsp3) is 0.467. The van der Waals surface area contributed by atoms with E-state index in [1.807, 2.05) is 13.8 Å². The van der Waals surface area contributed by atoms with Crippen LogP contribution in [0, 0.1) is 0 Å². The monoisotopic (exact) mass is 346 g/mol. The zero-order valence-corrected chi connectivity index (χ0v) is 14.1. The summed E-state index contributed by atoms with van der Waals surface area (Å²) < 4.78 is 0. The second kappa shape index (κ2) is 8.98. The molecule has 1 unspecified atom stereocenters. The van der Waals surface area contributed by atoms with Crippen molar-refractivity contribution in [3.63, 3.8) is 0 Å². The molecule has 5 nitrogen and oxygen atoms in total. The molecule has 0 aliphatic rings. The highest BCUT2D eigenvalue weighted by Gasteiger charge is 2.19. The van der Waals surface area contributed by atoms with Crippen molar-refractivity contribution in [3.8, 4) is 0 Å². The molecule has 0 aromatic heterocycles. The zero-order chi connectivity index (χ0) is 16.7. The molecule has 2 amide bonds. The first kappa shape index (κ1) is 18.7. The first-order valence-corrected chi connectivity index (χ1v) is 7.89. The number of halogens is 2. The minimum Gasteiger partial charge on any atom is -0.394 e. The lowest BCUT2D eigenvalue weighted by Gasteiger charge is -2.17. The minimum absolute atomic E-state index is 0.173. The Morgan fingerprint density at radius 3 is 2.50 bits per heavy atom. The first-order chi connectivity index (χ1) is 10.4. The normalized spacial score (nSPS) is 11.9. The van der Waals surface area contributed by atoms with Crippen LogP contribution in [0.2, 0.25) is 10.0 Å². The maximum absolute atomic E-state index is 12.3. The Balaban J connectivity index is 3.10. The average Bonchev–Trinajstić information content (AvgIpc) is 2.47. The molecule has 7 heteroatoms. The SMILES string of the molecule is CCCC(=O)Nc1c(Cl)cc(Cl)cc1C(=O)NC(CC)CO. The molecule has 0 heterocycles. The van der Waals surface area contributed by atoms with Crippen LogP contribution < -0.4 is 10.6 Å². The molecule has 0 fully saturated rings. The van der Waals surface area contributed by atoms with Gasteiger partial charge in [-0.1, -0.05) is 37.0 Å². The second-order valence-electron chi connectivity index (χ2n) is 4.87. The van der Waals surface area contributed by atoms with Crippen molar-refractivity contribution in [2.24, 2.45) is 0 Å². The van der Waals surface area contributed by atoms with E-state index in [0.717, 1.165) is 0 Å². The van der Waals surface area contributed by atoms with Crippen LogP contribution in [0.1, 0.15) is 43.5 Å². The molecule has 22 heavy (non-hydrogen) atoms. The van der Waals surface area contributed by atoms with E-state index in [1.165, 1.54) is 12.1 Å². The molecule has 0 spiro atoms. The molecule has 0 aliphatic heterocycles. The van der Waals surface area contributed by atoms with Gasteiger partial charge in [0.05, 0.1) is 28.9 Å². The number of anilines is 1. The summed E-state index contributed by atoms with van der Waals surface area (Å²) in [6.07, 6.45) is 1.59. The van der Waals surface area contributed by atoms with Crippen molar-refractivity contribution >= 4 is 40.7 Å². The smallest absolute Gasteiger partial charge is 0.253 e. The van der Waals surface area contributed by atoms with Crippen molar-refractivity contribution in [1.29, 1.82) is 0 Å². The summed E-state index contributed by atoms with van der Waals surface area (Å²) in [4.78, 5) is 24.1. The summed E-state index contributed by atoms with van der Waals surface area (Å²) in [7, 11) is 0. The number of hydrogen-bond acceptors (Lipinski definition) is 3.